The number of hydrogen-bond donors (Lipinski definition) is 1. The molecule has 3 rings (SSSR count). The van der Waals surface area contributed by atoms with E-state index in [1.165, 1.54) is 5.69 Å². The number of nitrogen functional groups attached to an aromatic ring is 1. The Hall–Kier alpha value is -1.75. The molecule has 0 radical (unpaired) electrons. The quantitative estimate of drug-likeness (QED) is 0.811. The Morgan fingerprint density at radius 3 is 2.56 bits per heavy atom. The molecule has 1 aromatic heterocycles. The van der Waals surface area contributed by atoms with Crippen LogP contribution in [0.2, 0.25) is 0 Å². The van der Waals surface area contributed by atoms with Crippen molar-refractivity contribution in [3.05, 3.63) is 18.2 Å². The molecule has 1 fully saturated rings. The lowest BCUT2D eigenvalue weighted by Crippen LogP contribution is -2.44. The number of anilines is 2. The molecule has 5 nitrogen and oxygen atoms in total. The highest BCUT2D eigenvalue weighted by atomic mass is 15.3. The van der Waals surface area contributed by atoms with Crippen LogP contribution >= 0.6 is 0 Å². The molecule has 0 spiro atoms. The van der Waals surface area contributed by atoms with E-state index in [4.69, 9.17) is 5.73 Å². The molecule has 96 valence electrons. The zero-order chi connectivity index (χ0) is 12.7. The summed E-state index contributed by atoms with van der Waals surface area (Å²) in [6, 6.07) is 6.40. The van der Waals surface area contributed by atoms with E-state index in [-0.39, 0.29) is 0 Å². The van der Waals surface area contributed by atoms with Crippen LogP contribution in [-0.2, 0) is 7.05 Å². The first-order valence-electron chi connectivity index (χ1n) is 6.31. The number of likely N-dealkylation sites (N-methyl/N-ethyl adjacent to an activating group) is 1. The third-order valence-electron chi connectivity index (χ3n) is 3.73. The number of nitrogens with two attached hydrogens (primary N) is 1. The van der Waals surface area contributed by atoms with Crippen LogP contribution in [0.5, 0.6) is 0 Å². The van der Waals surface area contributed by atoms with Gasteiger partial charge in [-0.1, -0.05) is 0 Å². The number of hydrogen-bond acceptors (Lipinski definition) is 4. The van der Waals surface area contributed by atoms with Gasteiger partial charge in [-0.05, 0) is 25.2 Å². The lowest BCUT2D eigenvalue weighted by Gasteiger charge is -2.34. The summed E-state index contributed by atoms with van der Waals surface area (Å²) in [6.45, 7) is 4.39. The number of benzene rings is 1. The lowest BCUT2D eigenvalue weighted by molar-refractivity contribution is 0.313. The molecule has 1 aliphatic heterocycles. The molecule has 1 saturated heterocycles. The van der Waals surface area contributed by atoms with Crippen molar-refractivity contribution in [3.63, 3.8) is 0 Å². The molecule has 1 aromatic carbocycles. The molecule has 2 N–H and O–H groups in total. The van der Waals surface area contributed by atoms with Gasteiger partial charge in [0.1, 0.15) is 0 Å². The molecule has 2 heterocycles. The Morgan fingerprint density at radius 1 is 1.11 bits per heavy atom. The second-order valence-electron chi connectivity index (χ2n) is 5.00. The third-order valence-corrected chi connectivity index (χ3v) is 3.73. The number of aryl methyl sites for hydroxylation is 1. The first-order chi connectivity index (χ1) is 8.65. The fourth-order valence-electron chi connectivity index (χ4n) is 2.54. The SMILES string of the molecule is CN1CCN(c2ccc3c(N)nn(C)c3c2)CC1. The number of rotatable bonds is 1. The summed E-state index contributed by atoms with van der Waals surface area (Å²) in [6.07, 6.45) is 0. The number of piperazine rings is 1. The maximum atomic E-state index is 5.87. The van der Waals surface area contributed by atoms with Crippen molar-refractivity contribution in [2.75, 3.05) is 43.9 Å². The van der Waals surface area contributed by atoms with Crippen LogP contribution in [0, 0.1) is 0 Å². The average Bonchev–Trinajstić information content (AvgIpc) is 2.66. The normalized spacial score (nSPS) is 17.6. The van der Waals surface area contributed by atoms with Gasteiger partial charge in [0.2, 0.25) is 0 Å². The standard InChI is InChI=1S/C13H19N5/c1-16-5-7-18(8-6-16)10-3-4-11-12(9-10)17(2)15-13(11)14/h3-4,9H,5-8H2,1-2H3,(H2,14,15). The Balaban J connectivity index is 1.95. The fraction of sp³-hybridized carbons (Fsp3) is 0.462. The molecular weight excluding hydrogens is 226 g/mol. The molecular formula is C13H19N5. The summed E-state index contributed by atoms with van der Waals surface area (Å²) in [5.41, 5.74) is 8.24. The van der Waals surface area contributed by atoms with E-state index in [9.17, 15) is 0 Å². The van der Waals surface area contributed by atoms with Gasteiger partial charge in [-0.3, -0.25) is 4.68 Å². The maximum Gasteiger partial charge on any atom is 0.153 e. The van der Waals surface area contributed by atoms with Crippen LogP contribution < -0.4 is 10.6 Å². The van der Waals surface area contributed by atoms with Gasteiger partial charge in [-0.15, -0.1) is 0 Å². The Bertz CT molecular complexity index is 566. The first kappa shape index (κ1) is 11.3. The van der Waals surface area contributed by atoms with Crippen LogP contribution in [-0.4, -0.2) is 47.9 Å². The van der Waals surface area contributed by atoms with E-state index in [1.54, 1.807) is 0 Å². The van der Waals surface area contributed by atoms with Crippen LogP contribution in [0.1, 0.15) is 0 Å². The zero-order valence-corrected chi connectivity index (χ0v) is 10.9. The molecule has 18 heavy (non-hydrogen) atoms. The molecule has 5 heteroatoms. The van der Waals surface area contributed by atoms with Crippen LogP contribution in [0.15, 0.2) is 18.2 Å². The number of nitrogens with zero attached hydrogens (tertiary/aromatic N) is 4. The molecule has 1 aliphatic rings. The van der Waals surface area contributed by atoms with Gasteiger partial charge in [0.05, 0.1) is 5.52 Å². The molecule has 0 saturated carbocycles. The summed E-state index contributed by atoms with van der Waals surface area (Å²) >= 11 is 0. The van der Waals surface area contributed by atoms with E-state index in [1.807, 2.05) is 11.7 Å². The summed E-state index contributed by atoms with van der Waals surface area (Å²) < 4.78 is 1.85. The first-order valence-corrected chi connectivity index (χ1v) is 6.31. The van der Waals surface area contributed by atoms with Crippen LogP contribution in [0.4, 0.5) is 11.5 Å². The molecule has 2 aromatic rings. The smallest absolute Gasteiger partial charge is 0.153 e. The van der Waals surface area contributed by atoms with Crippen molar-refractivity contribution in [1.29, 1.82) is 0 Å². The van der Waals surface area contributed by atoms with Crippen LogP contribution in [0.25, 0.3) is 10.9 Å². The van der Waals surface area contributed by atoms with Gasteiger partial charge in [-0.2, -0.15) is 5.10 Å². The minimum atomic E-state index is 0.609. The molecule has 0 atom stereocenters. The third kappa shape index (κ3) is 1.80. The van der Waals surface area contributed by atoms with E-state index in [0.29, 0.717) is 5.82 Å². The highest BCUT2D eigenvalue weighted by Gasteiger charge is 2.15. The average molecular weight is 245 g/mol. The number of aromatic nitrogens is 2. The Labute approximate surface area is 107 Å². The minimum absolute atomic E-state index is 0.609. The minimum Gasteiger partial charge on any atom is -0.382 e. The van der Waals surface area contributed by atoms with Gasteiger partial charge in [0.25, 0.3) is 0 Å². The molecule has 0 bridgehead atoms. The zero-order valence-electron chi connectivity index (χ0n) is 10.9. The van der Waals surface area contributed by atoms with E-state index < -0.39 is 0 Å². The van der Waals surface area contributed by atoms with Gasteiger partial charge < -0.3 is 15.5 Å². The second-order valence-corrected chi connectivity index (χ2v) is 5.00. The number of fused-ring (bicyclic) bond motifs is 1. The molecule has 0 aliphatic carbocycles. The highest BCUT2D eigenvalue weighted by molar-refractivity contribution is 5.91. The van der Waals surface area contributed by atoms with Crippen molar-refractivity contribution in [3.8, 4) is 0 Å². The highest BCUT2D eigenvalue weighted by Crippen LogP contribution is 2.26. The van der Waals surface area contributed by atoms with E-state index in [2.05, 4.69) is 40.1 Å². The molecule has 0 unspecified atom stereocenters. The fourth-order valence-corrected chi connectivity index (χ4v) is 2.54. The van der Waals surface area contributed by atoms with Gasteiger partial charge in [0, 0.05) is 44.3 Å². The Kier molecular flexibility index (Phi) is 2.63. The van der Waals surface area contributed by atoms with Crippen molar-refractivity contribution >= 4 is 22.4 Å². The predicted octanol–water partition coefficient (Wildman–Crippen LogP) is 0.907. The second kappa shape index (κ2) is 4.17. The van der Waals surface area contributed by atoms with Crippen molar-refractivity contribution < 1.29 is 0 Å². The maximum absolute atomic E-state index is 5.87. The predicted molar refractivity (Wildman–Crippen MR) is 74.8 cm³/mol. The van der Waals surface area contributed by atoms with Gasteiger partial charge >= 0.3 is 0 Å². The monoisotopic (exact) mass is 245 g/mol. The Morgan fingerprint density at radius 2 is 1.83 bits per heavy atom. The van der Waals surface area contributed by atoms with Crippen molar-refractivity contribution in [2.24, 2.45) is 7.05 Å². The summed E-state index contributed by atoms with van der Waals surface area (Å²) in [7, 11) is 4.11. The van der Waals surface area contributed by atoms with Gasteiger partial charge in [0.15, 0.2) is 5.82 Å². The van der Waals surface area contributed by atoms with Gasteiger partial charge in [-0.25, -0.2) is 0 Å². The summed E-state index contributed by atoms with van der Waals surface area (Å²) in [5.74, 6) is 0.609. The van der Waals surface area contributed by atoms with E-state index >= 15 is 0 Å². The lowest BCUT2D eigenvalue weighted by atomic mass is 10.2. The summed E-state index contributed by atoms with van der Waals surface area (Å²) in [4.78, 5) is 4.78. The molecule has 0 amide bonds. The van der Waals surface area contributed by atoms with E-state index in [0.717, 1.165) is 37.1 Å². The van der Waals surface area contributed by atoms with Crippen molar-refractivity contribution in [1.82, 2.24) is 14.7 Å². The topological polar surface area (TPSA) is 50.3 Å². The van der Waals surface area contributed by atoms with Crippen molar-refractivity contribution in [2.45, 2.75) is 0 Å². The van der Waals surface area contributed by atoms with Crippen LogP contribution in [0.3, 0.4) is 0 Å². The largest absolute Gasteiger partial charge is 0.382 e. The summed E-state index contributed by atoms with van der Waals surface area (Å²) in [5, 5.41) is 5.29.